The third-order valence-corrected chi connectivity index (χ3v) is 1.43. The van der Waals surface area contributed by atoms with E-state index in [2.05, 4.69) is 6.58 Å². The zero-order valence-electron chi connectivity index (χ0n) is 9.20. The molecular weight excluding hydrogens is 174 g/mol. The number of aliphatic hydroxyl groups excluding tert-OH is 1. The molecule has 0 aliphatic carbocycles. The van der Waals surface area contributed by atoms with E-state index in [9.17, 15) is 5.11 Å². The average Bonchev–Trinajstić information content (AvgIpc) is 2.22. The Labute approximate surface area is 86.9 Å². The van der Waals surface area contributed by atoms with Crippen molar-refractivity contribution in [1.29, 1.82) is 5.26 Å². The van der Waals surface area contributed by atoms with Gasteiger partial charge < -0.3 is 5.11 Å². The van der Waals surface area contributed by atoms with Crippen LogP contribution in [-0.4, -0.2) is 11.2 Å². The standard InChI is InChI=1S/C10H13NO.C2H6/c1-3-5-6-9(4-2)10(12)7-8-11;1-2/h3-6,10,12H,1,7H2,2H3;1-2H3/b6-5-,9-4+;. The third-order valence-electron chi connectivity index (χ3n) is 1.43. The maximum absolute atomic E-state index is 9.36. The average molecular weight is 193 g/mol. The van der Waals surface area contributed by atoms with E-state index >= 15 is 0 Å². The van der Waals surface area contributed by atoms with E-state index in [0.717, 1.165) is 5.57 Å². The zero-order chi connectivity index (χ0) is 11.4. The number of nitriles is 1. The van der Waals surface area contributed by atoms with E-state index < -0.39 is 6.10 Å². The highest BCUT2D eigenvalue weighted by Crippen LogP contribution is 2.07. The number of hydrogen-bond donors (Lipinski definition) is 1. The van der Waals surface area contributed by atoms with E-state index in [0.29, 0.717) is 0 Å². The van der Waals surface area contributed by atoms with Gasteiger partial charge in [0.05, 0.1) is 18.6 Å². The summed E-state index contributed by atoms with van der Waals surface area (Å²) in [4.78, 5) is 0. The number of allylic oxidation sites excluding steroid dienone is 3. The van der Waals surface area contributed by atoms with Crippen LogP contribution in [0, 0.1) is 11.3 Å². The molecular formula is C12H19NO. The summed E-state index contributed by atoms with van der Waals surface area (Å²) < 4.78 is 0. The van der Waals surface area contributed by atoms with Crippen molar-refractivity contribution in [3.05, 3.63) is 36.5 Å². The molecule has 0 rings (SSSR count). The molecule has 2 heteroatoms. The number of aliphatic hydroxyl groups is 1. The first-order chi connectivity index (χ1) is 6.76. The van der Waals surface area contributed by atoms with E-state index in [1.807, 2.05) is 26.8 Å². The monoisotopic (exact) mass is 193 g/mol. The van der Waals surface area contributed by atoms with E-state index in [1.54, 1.807) is 24.3 Å². The fraction of sp³-hybridized carbons (Fsp3) is 0.417. The fourth-order valence-corrected chi connectivity index (χ4v) is 0.783. The lowest BCUT2D eigenvalue weighted by atomic mass is 10.1. The smallest absolute Gasteiger partial charge is 0.0916 e. The first kappa shape index (κ1) is 15.2. The number of nitrogens with zero attached hydrogens (tertiary/aromatic N) is 1. The second kappa shape index (κ2) is 11.7. The molecule has 0 saturated carbocycles. The summed E-state index contributed by atoms with van der Waals surface area (Å²) in [6.07, 6.45) is 6.33. The maximum Gasteiger partial charge on any atom is 0.0916 e. The summed E-state index contributed by atoms with van der Waals surface area (Å²) >= 11 is 0. The molecule has 78 valence electrons. The summed E-state index contributed by atoms with van der Waals surface area (Å²) in [5.74, 6) is 0. The van der Waals surface area contributed by atoms with Gasteiger partial charge in [-0.1, -0.05) is 44.7 Å². The lowest BCUT2D eigenvalue weighted by molar-refractivity contribution is 0.220. The third kappa shape index (κ3) is 7.33. The minimum absolute atomic E-state index is 0.126. The van der Waals surface area contributed by atoms with Gasteiger partial charge in [0.25, 0.3) is 0 Å². The summed E-state index contributed by atoms with van der Waals surface area (Å²) in [6, 6.07) is 1.91. The summed E-state index contributed by atoms with van der Waals surface area (Å²) in [6.45, 7) is 9.33. The Morgan fingerprint density at radius 3 is 2.50 bits per heavy atom. The molecule has 0 fully saturated rings. The van der Waals surface area contributed by atoms with Crippen molar-refractivity contribution in [3.63, 3.8) is 0 Å². The highest BCUT2D eigenvalue weighted by Gasteiger charge is 2.04. The van der Waals surface area contributed by atoms with Gasteiger partial charge in [0.1, 0.15) is 0 Å². The Bertz CT molecular complexity index is 233. The summed E-state index contributed by atoms with van der Waals surface area (Å²) in [5, 5.41) is 17.7. The molecule has 0 spiro atoms. The largest absolute Gasteiger partial charge is 0.387 e. The SMILES string of the molecule is C=C/C=C\C(=C/C)C(O)CC#N.CC. The number of rotatable bonds is 4. The van der Waals surface area contributed by atoms with Crippen molar-refractivity contribution in [2.45, 2.75) is 33.3 Å². The van der Waals surface area contributed by atoms with Crippen molar-refractivity contribution in [2.75, 3.05) is 0 Å². The normalized spacial score (nSPS) is 12.6. The molecule has 0 saturated heterocycles. The fourth-order valence-electron chi connectivity index (χ4n) is 0.783. The second-order valence-electron chi connectivity index (χ2n) is 2.26. The quantitative estimate of drug-likeness (QED) is 0.697. The second-order valence-corrected chi connectivity index (χ2v) is 2.26. The van der Waals surface area contributed by atoms with Crippen LogP contribution in [0.15, 0.2) is 36.5 Å². The van der Waals surface area contributed by atoms with Crippen LogP contribution in [0.1, 0.15) is 27.2 Å². The van der Waals surface area contributed by atoms with Crippen molar-refractivity contribution < 1.29 is 5.11 Å². The zero-order valence-corrected chi connectivity index (χ0v) is 9.20. The van der Waals surface area contributed by atoms with Crippen molar-refractivity contribution in [2.24, 2.45) is 0 Å². The lowest BCUT2D eigenvalue weighted by Crippen LogP contribution is -2.06. The predicted octanol–water partition coefficient (Wildman–Crippen LogP) is 2.98. The molecule has 0 aromatic rings. The van der Waals surface area contributed by atoms with Crippen LogP contribution in [-0.2, 0) is 0 Å². The molecule has 0 aliphatic heterocycles. The molecule has 0 aromatic carbocycles. The molecule has 0 radical (unpaired) electrons. The molecule has 2 nitrogen and oxygen atoms in total. The Balaban J connectivity index is 0. The highest BCUT2D eigenvalue weighted by atomic mass is 16.3. The summed E-state index contributed by atoms with van der Waals surface area (Å²) in [7, 11) is 0. The van der Waals surface area contributed by atoms with Crippen molar-refractivity contribution in [3.8, 4) is 6.07 Å². The molecule has 0 heterocycles. The van der Waals surface area contributed by atoms with Gasteiger partial charge >= 0.3 is 0 Å². The van der Waals surface area contributed by atoms with Gasteiger partial charge in [-0.25, -0.2) is 0 Å². The minimum atomic E-state index is -0.684. The van der Waals surface area contributed by atoms with Gasteiger partial charge in [0.15, 0.2) is 0 Å². The Morgan fingerprint density at radius 1 is 1.57 bits per heavy atom. The molecule has 0 aromatic heterocycles. The molecule has 1 unspecified atom stereocenters. The first-order valence-corrected chi connectivity index (χ1v) is 4.76. The van der Waals surface area contributed by atoms with Gasteiger partial charge in [-0.15, -0.1) is 0 Å². The maximum atomic E-state index is 9.36. The molecule has 1 N–H and O–H groups in total. The van der Waals surface area contributed by atoms with Gasteiger partial charge in [0.2, 0.25) is 0 Å². The van der Waals surface area contributed by atoms with Crippen LogP contribution in [0.5, 0.6) is 0 Å². The predicted molar refractivity (Wildman–Crippen MR) is 60.7 cm³/mol. The van der Waals surface area contributed by atoms with Gasteiger partial charge in [0, 0.05) is 0 Å². The highest BCUT2D eigenvalue weighted by molar-refractivity contribution is 5.25. The molecule has 0 bridgehead atoms. The van der Waals surface area contributed by atoms with Crippen molar-refractivity contribution >= 4 is 0 Å². The van der Waals surface area contributed by atoms with Crippen LogP contribution in [0.25, 0.3) is 0 Å². The van der Waals surface area contributed by atoms with E-state index in [1.165, 1.54) is 0 Å². The molecule has 14 heavy (non-hydrogen) atoms. The Kier molecular flexibility index (Phi) is 12.6. The van der Waals surface area contributed by atoms with Crippen LogP contribution < -0.4 is 0 Å². The topological polar surface area (TPSA) is 44.0 Å². The lowest BCUT2D eigenvalue weighted by Gasteiger charge is -2.05. The minimum Gasteiger partial charge on any atom is -0.387 e. The molecule has 1 atom stereocenters. The van der Waals surface area contributed by atoms with E-state index in [4.69, 9.17) is 5.26 Å². The first-order valence-electron chi connectivity index (χ1n) is 4.76. The van der Waals surface area contributed by atoms with Gasteiger partial charge in [-0.05, 0) is 12.5 Å². The van der Waals surface area contributed by atoms with Crippen molar-refractivity contribution in [1.82, 2.24) is 0 Å². The van der Waals surface area contributed by atoms with Crippen LogP contribution in [0.3, 0.4) is 0 Å². The van der Waals surface area contributed by atoms with Gasteiger partial charge in [-0.3, -0.25) is 0 Å². The van der Waals surface area contributed by atoms with Crippen LogP contribution in [0.4, 0.5) is 0 Å². The molecule has 0 aliphatic rings. The Morgan fingerprint density at radius 2 is 2.14 bits per heavy atom. The molecule has 0 amide bonds. The number of hydrogen-bond acceptors (Lipinski definition) is 2. The summed E-state index contributed by atoms with van der Waals surface area (Å²) in [5.41, 5.74) is 0.747. The Hall–Kier alpha value is -1.33. The van der Waals surface area contributed by atoms with E-state index in [-0.39, 0.29) is 6.42 Å². The van der Waals surface area contributed by atoms with Crippen LogP contribution in [0.2, 0.25) is 0 Å². The van der Waals surface area contributed by atoms with Gasteiger partial charge in [-0.2, -0.15) is 5.26 Å². The van der Waals surface area contributed by atoms with Crippen LogP contribution >= 0.6 is 0 Å².